The number of nitrogens with one attached hydrogen (secondary N) is 1. The summed E-state index contributed by atoms with van der Waals surface area (Å²) in [5.41, 5.74) is 5.57. The second-order valence-corrected chi connectivity index (χ2v) is 15.5. The summed E-state index contributed by atoms with van der Waals surface area (Å²) in [5, 5.41) is 13.2. The number of esters is 1. The highest BCUT2D eigenvalue weighted by molar-refractivity contribution is 6.62. The van der Waals surface area contributed by atoms with Crippen LogP contribution in [0.2, 0.25) is 0 Å². The molecule has 1 aromatic heterocycles. The van der Waals surface area contributed by atoms with E-state index in [1.54, 1.807) is 20.4 Å². The number of benzene rings is 3. The van der Waals surface area contributed by atoms with Gasteiger partial charge in [-0.2, -0.15) is 10.2 Å². The lowest BCUT2D eigenvalue weighted by molar-refractivity contribution is -0.199. The number of nitrogens with zero attached hydrogens (tertiary/aromatic N) is 2. The molecule has 3 aliphatic carbocycles. The predicted molar refractivity (Wildman–Crippen MR) is 191 cm³/mol. The van der Waals surface area contributed by atoms with Crippen molar-refractivity contribution in [1.29, 1.82) is 0 Å². The second-order valence-electron chi connectivity index (χ2n) is 15.5. The summed E-state index contributed by atoms with van der Waals surface area (Å²) >= 11 is 0. The largest absolute Gasteiger partial charge is 0.497 e. The maximum Gasteiger partial charge on any atom is 0.494 e. The lowest BCUT2D eigenvalue weighted by Crippen LogP contribution is -2.65. The molecule has 1 N–H and O–H groups in total. The highest BCUT2D eigenvalue weighted by Gasteiger charge is 2.68. The molecule has 4 aliphatic rings. The number of fused-ring (bicyclic) bond motifs is 1. The Balaban J connectivity index is 1.19. The molecule has 4 aromatic rings. The third-order valence-corrected chi connectivity index (χ3v) is 11.0. The standard InChI is InChI=1S/C39H46BN3O6/c1-37(2,3)47-36(44)17-25-10-9-23(15-30(25)40-48-35-19-27-18-34(38(27,4)5)39(35,6)49-40)24-12-14-29-31(16-24)43-42-22-32(29)41-21-26-11-13-28(45-7)20-33(26)46-8/h9-16,20,22,27,34-35H,17-19,21H2,1-8H3,(H,41,43)/t27-,34-,35+,39-/m0/s1. The van der Waals surface area contributed by atoms with Crippen LogP contribution in [0.4, 0.5) is 5.69 Å². The van der Waals surface area contributed by atoms with Crippen molar-refractivity contribution in [2.24, 2.45) is 17.3 Å². The molecule has 0 amide bonds. The van der Waals surface area contributed by atoms with Gasteiger partial charge >= 0.3 is 13.1 Å². The van der Waals surface area contributed by atoms with Crippen molar-refractivity contribution in [3.8, 4) is 22.6 Å². The summed E-state index contributed by atoms with van der Waals surface area (Å²) < 4.78 is 30.3. The SMILES string of the molecule is COc1ccc(CNc2cnnc3cc(-c4ccc(CC(=O)OC(C)(C)C)c(B5O[C@@H]6C[C@@H]7C[C@@H](C7(C)C)[C@]6(C)O5)c4)ccc23)c(OC)c1. The van der Waals surface area contributed by atoms with Crippen LogP contribution in [-0.2, 0) is 31.8 Å². The molecule has 2 heterocycles. The first-order valence-electron chi connectivity index (χ1n) is 17.2. The number of carbonyl (C=O) groups excluding carboxylic acids is 1. The molecule has 0 unspecified atom stereocenters. The van der Waals surface area contributed by atoms with E-state index in [1.165, 1.54) is 6.42 Å². The van der Waals surface area contributed by atoms with Gasteiger partial charge in [-0.1, -0.05) is 38.1 Å². The van der Waals surface area contributed by atoms with E-state index in [2.05, 4.69) is 54.5 Å². The lowest BCUT2D eigenvalue weighted by Gasteiger charge is -2.64. The van der Waals surface area contributed by atoms with Gasteiger partial charge < -0.3 is 28.8 Å². The Labute approximate surface area is 289 Å². The van der Waals surface area contributed by atoms with Gasteiger partial charge in [0.05, 0.1) is 49.7 Å². The first-order chi connectivity index (χ1) is 23.3. The van der Waals surface area contributed by atoms with Gasteiger partial charge in [0.2, 0.25) is 0 Å². The second kappa shape index (κ2) is 12.3. The van der Waals surface area contributed by atoms with Gasteiger partial charge in [0, 0.05) is 23.6 Å². The number of methoxy groups -OCH3 is 2. The van der Waals surface area contributed by atoms with E-state index in [4.69, 9.17) is 23.5 Å². The highest BCUT2D eigenvalue weighted by Crippen LogP contribution is 2.65. The fourth-order valence-corrected chi connectivity index (χ4v) is 8.26. The molecule has 49 heavy (non-hydrogen) atoms. The van der Waals surface area contributed by atoms with Crippen LogP contribution in [0.15, 0.2) is 60.8 Å². The number of hydrogen-bond donors (Lipinski definition) is 1. The Bertz CT molecular complexity index is 1910. The van der Waals surface area contributed by atoms with Crippen LogP contribution >= 0.6 is 0 Å². The molecule has 256 valence electrons. The van der Waals surface area contributed by atoms with Gasteiger partial charge in [-0.15, -0.1) is 0 Å². The summed E-state index contributed by atoms with van der Waals surface area (Å²) in [7, 11) is 2.72. The van der Waals surface area contributed by atoms with Crippen molar-refractivity contribution in [1.82, 2.24) is 10.2 Å². The molecule has 10 heteroatoms. The van der Waals surface area contributed by atoms with Crippen molar-refractivity contribution < 1.29 is 28.3 Å². The van der Waals surface area contributed by atoms with E-state index in [-0.39, 0.29) is 29.5 Å². The van der Waals surface area contributed by atoms with Crippen molar-refractivity contribution in [3.05, 3.63) is 71.9 Å². The molecule has 3 saturated carbocycles. The van der Waals surface area contributed by atoms with Gasteiger partial charge in [-0.3, -0.25) is 4.79 Å². The molecular weight excluding hydrogens is 617 g/mol. The van der Waals surface area contributed by atoms with Crippen molar-refractivity contribution in [2.45, 2.75) is 84.7 Å². The third-order valence-electron chi connectivity index (χ3n) is 11.0. The number of ether oxygens (including phenoxy) is 3. The Morgan fingerprint density at radius 3 is 2.47 bits per heavy atom. The number of hydrogen-bond acceptors (Lipinski definition) is 9. The molecule has 2 bridgehead atoms. The average Bonchev–Trinajstić information content (AvgIpc) is 3.43. The minimum absolute atomic E-state index is 0.0204. The molecule has 0 spiro atoms. The molecule has 4 atom stereocenters. The zero-order valence-electron chi connectivity index (χ0n) is 29.8. The quantitative estimate of drug-likeness (QED) is 0.154. The van der Waals surface area contributed by atoms with Crippen molar-refractivity contribution in [3.63, 3.8) is 0 Å². The first-order valence-corrected chi connectivity index (χ1v) is 17.2. The Hall–Kier alpha value is -4.15. The monoisotopic (exact) mass is 663 g/mol. The van der Waals surface area contributed by atoms with Gasteiger partial charge in [-0.05, 0) is 104 Å². The van der Waals surface area contributed by atoms with Gasteiger partial charge in [0.25, 0.3) is 0 Å². The van der Waals surface area contributed by atoms with Crippen molar-refractivity contribution >= 4 is 35.1 Å². The zero-order valence-corrected chi connectivity index (χ0v) is 29.8. The topological polar surface area (TPSA) is 101 Å². The first kappa shape index (κ1) is 33.4. The fraction of sp³-hybridized carbons (Fsp3) is 0.462. The van der Waals surface area contributed by atoms with E-state index in [1.807, 2.05) is 57.2 Å². The fourth-order valence-electron chi connectivity index (χ4n) is 8.26. The van der Waals surface area contributed by atoms with E-state index >= 15 is 0 Å². The van der Waals surface area contributed by atoms with Gasteiger partial charge in [0.15, 0.2) is 0 Å². The maximum atomic E-state index is 13.1. The van der Waals surface area contributed by atoms with Crippen LogP contribution in [0.5, 0.6) is 11.5 Å². The van der Waals surface area contributed by atoms with E-state index < -0.39 is 12.7 Å². The van der Waals surface area contributed by atoms with Crippen LogP contribution in [0, 0.1) is 17.3 Å². The van der Waals surface area contributed by atoms with Crippen LogP contribution in [0.25, 0.3) is 22.0 Å². The molecule has 3 aromatic carbocycles. The minimum atomic E-state index is -0.576. The highest BCUT2D eigenvalue weighted by atomic mass is 16.7. The molecular formula is C39H46BN3O6. The van der Waals surface area contributed by atoms with Crippen LogP contribution < -0.4 is 20.3 Å². The van der Waals surface area contributed by atoms with Crippen molar-refractivity contribution in [2.75, 3.05) is 19.5 Å². The molecule has 1 saturated heterocycles. The summed E-state index contributed by atoms with van der Waals surface area (Å²) in [4.78, 5) is 13.1. The molecule has 0 radical (unpaired) electrons. The minimum Gasteiger partial charge on any atom is -0.497 e. The van der Waals surface area contributed by atoms with E-state index in [9.17, 15) is 4.79 Å². The average molecular weight is 664 g/mol. The molecule has 8 rings (SSSR count). The normalized spacial score (nSPS) is 23.8. The van der Waals surface area contributed by atoms with Gasteiger partial charge in [0.1, 0.15) is 17.1 Å². The van der Waals surface area contributed by atoms with Gasteiger partial charge in [-0.25, -0.2) is 0 Å². The molecule has 9 nitrogen and oxygen atoms in total. The smallest absolute Gasteiger partial charge is 0.494 e. The number of carbonyl (C=O) groups is 1. The Morgan fingerprint density at radius 1 is 0.980 bits per heavy atom. The third kappa shape index (κ3) is 6.14. The maximum absolute atomic E-state index is 13.1. The number of aromatic nitrogens is 2. The van der Waals surface area contributed by atoms with E-state index in [0.29, 0.717) is 18.4 Å². The van der Waals surface area contributed by atoms with Crippen LogP contribution in [-0.4, -0.2) is 54.8 Å². The summed E-state index contributed by atoms with van der Waals surface area (Å²) in [6, 6.07) is 18.1. The Kier molecular flexibility index (Phi) is 8.39. The Morgan fingerprint density at radius 2 is 1.73 bits per heavy atom. The summed E-state index contributed by atoms with van der Waals surface area (Å²) in [6.07, 6.45) is 4.05. The van der Waals surface area contributed by atoms with Crippen LogP contribution in [0.1, 0.15) is 65.5 Å². The molecule has 4 fully saturated rings. The van der Waals surface area contributed by atoms with E-state index in [0.717, 1.165) is 62.2 Å². The zero-order chi connectivity index (χ0) is 34.7. The summed E-state index contributed by atoms with van der Waals surface area (Å²) in [6.45, 7) is 13.1. The number of anilines is 1. The lowest BCUT2D eigenvalue weighted by atomic mass is 9.43. The predicted octanol–water partition coefficient (Wildman–Crippen LogP) is 6.75. The van der Waals surface area contributed by atoms with Crippen LogP contribution in [0.3, 0.4) is 0 Å². The number of rotatable bonds is 9. The summed E-state index contributed by atoms with van der Waals surface area (Å²) in [5.74, 6) is 2.28. The molecule has 1 aliphatic heterocycles.